The van der Waals surface area contributed by atoms with Crippen LogP contribution in [0.5, 0.6) is 0 Å². The van der Waals surface area contributed by atoms with Crippen LogP contribution >= 0.6 is 0 Å². The summed E-state index contributed by atoms with van der Waals surface area (Å²) < 4.78 is 9.70. The molecule has 0 aliphatic heterocycles. The van der Waals surface area contributed by atoms with E-state index in [0.29, 0.717) is 37.6 Å². The maximum Gasteiger partial charge on any atom is 0.241 e. The number of methoxy groups -OCH3 is 1. The predicted octanol–water partition coefficient (Wildman–Crippen LogP) is 0.464. The minimum Gasteiger partial charge on any atom is -0.383 e. The SMILES string of the molecule is COCCNC(=O)C1(C(=O)Nc2cc(C)on2)CC1. The standard InChI is InChI=1S/C12H17N3O4/c1-8-7-9(15-19-8)14-11(17)12(3-4-12)10(16)13-5-6-18-2/h7H,3-6H2,1-2H3,(H,13,16)(H,14,15,17). The summed E-state index contributed by atoms with van der Waals surface area (Å²) in [7, 11) is 1.55. The van der Waals surface area contributed by atoms with Gasteiger partial charge in [-0.15, -0.1) is 0 Å². The minimum absolute atomic E-state index is 0.262. The van der Waals surface area contributed by atoms with E-state index in [1.165, 1.54) is 0 Å². The lowest BCUT2D eigenvalue weighted by atomic mass is 10.1. The fraction of sp³-hybridized carbons (Fsp3) is 0.583. The van der Waals surface area contributed by atoms with Gasteiger partial charge in [-0.2, -0.15) is 0 Å². The van der Waals surface area contributed by atoms with Crippen LogP contribution in [-0.2, 0) is 14.3 Å². The Hall–Kier alpha value is -1.89. The van der Waals surface area contributed by atoms with Crippen LogP contribution in [0.4, 0.5) is 5.82 Å². The van der Waals surface area contributed by atoms with E-state index in [1.54, 1.807) is 20.1 Å². The lowest BCUT2D eigenvalue weighted by molar-refractivity contribution is -0.134. The summed E-state index contributed by atoms with van der Waals surface area (Å²) in [5.41, 5.74) is -0.958. The zero-order valence-corrected chi connectivity index (χ0v) is 11.0. The molecule has 2 rings (SSSR count). The first-order chi connectivity index (χ1) is 9.08. The van der Waals surface area contributed by atoms with Crippen molar-refractivity contribution in [1.29, 1.82) is 0 Å². The van der Waals surface area contributed by atoms with E-state index >= 15 is 0 Å². The Balaban J connectivity index is 1.92. The number of amides is 2. The smallest absolute Gasteiger partial charge is 0.241 e. The highest BCUT2D eigenvalue weighted by Crippen LogP contribution is 2.46. The first kappa shape index (κ1) is 13.5. The Morgan fingerprint density at radius 3 is 2.74 bits per heavy atom. The molecule has 2 N–H and O–H groups in total. The Morgan fingerprint density at radius 1 is 1.47 bits per heavy atom. The molecule has 1 aromatic heterocycles. The first-order valence-corrected chi connectivity index (χ1v) is 6.10. The molecular weight excluding hydrogens is 250 g/mol. The Bertz CT molecular complexity index is 479. The summed E-state index contributed by atoms with van der Waals surface area (Å²) in [5, 5.41) is 8.96. The van der Waals surface area contributed by atoms with Gasteiger partial charge in [0.2, 0.25) is 11.8 Å². The van der Waals surface area contributed by atoms with E-state index < -0.39 is 5.41 Å². The molecule has 0 aromatic carbocycles. The number of nitrogens with one attached hydrogen (secondary N) is 2. The fourth-order valence-electron chi connectivity index (χ4n) is 1.78. The van der Waals surface area contributed by atoms with Crippen molar-refractivity contribution in [2.45, 2.75) is 19.8 Å². The highest BCUT2D eigenvalue weighted by molar-refractivity contribution is 6.12. The molecule has 1 aliphatic carbocycles. The molecule has 1 aliphatic rings. The van der Waals surface area contributed by atoms with Gasteiger partial charge in [-0.05, 0) is 19.8 Å². The van der Waals surface area contributed by atoms with Gasteiger partial charge in [-0.1, -0.05) is 5.16 Å². The lowest BCUT2D eigenvalue weighted by Gasteiger charge is -2.13. The number of ether oxygens (including phenoxy) is 1. The summed E-state index contributed by atoms with van der Waals surface area (Å²) in [5.74, 6) is 0.334. The van der Waals surface area contributed by atoms with Crippen molar-refractivity contribution in [2.75, 3.05) is 25.6 Å². The summed E-state index contributed by atoms with van der Waals surface area (Å²) in [6.45, 7) is 2.55. The molecule has 7 nitrogen and oxygen atoms in total. The maximum atomic E-state index is 12.1. The number of anilines is 1. The summed E-state index contributed by atoms with van der Waals surface area (Å²) in [6.07, 6.45) is 1.10. The second-order valence-electron chi connectivity index (χ2n) is 4.61. The molecule has 1 aromatic rings. The number of carbonyl (C=O) groups excluding carboxylic acids is 2. The maximum absolute atomic E-state index is 12.1. The number of rotatable bonds is 6. The largest absolute Gasteiger partial charge is 0.383 e. The quantitative estimate of drug-likeness (QED) is 0.577. The van der Waals surface area contributed by atoms with Gasteiger partial charge in [0.15, 0.2) is 5.82 Å². The van der Waals surface area contributed by atoms with Gasteiger partial charge < -0.3 is 19.9 Å². The van der Waals surface area contributed by atoms with Gasteiger partial charge in [0.05, 0.1) is 6.61 Å². The highest BCUT2D eigenvalue weighted by Gasteiger charge is 2.56. The molecule has 0 atom stereocenters. The molecule has 0 spiro atoms. The van der Waals surface area contributed by atoms with Crippen LogP contribution in [0.15, 0.2) is 10.6 Å². The number of aryl methyl sites for hydroxylation is 1. The van der Waals surface area contributed by atoms with Gasteiger partial charge in [0.25, 0.3) is 0 Å². The van der Waals surface area contributed by atoms with Crippen molar-refractivity contribution in [2.24, 2.45) is 5.41 Å². The molecule has 0 bridgehead atoms. The highest BCUT2D eigenvalue weighted by atomic mass is 16.5. The molecule has 7 heteroatoms. The average molecular weight is 267 g/mol. The van der Waals surface area contributed by atoms with E-state index in [9.17, 15) is 9.59 Å². The monoisotopic (exact) mass is 267 g/mol. The van der Waals surface area contributed by atoms with Crippen LogP contribution in [-0.4, -0.2) is 37.2 Å². The summed E-state index contributed by atoms with van der Waals surface area (Å²) >= 11 is 0. The number of hydrogen-bond donors (Lipinski definition) is 2. The van der Waals surface area contributed by atoms with Gasteiger partial charge in [0.1, 0.15) is 11.2 Å². The molecule has 2 amide bonds. The van der Waals surface area contributed by atoms with Crippen molar-refractivity contribution < 1.29 is 18.8 Å². The number of carbonyl (C=O) groups is 2. The van der Waals surface area contributed by atoms with Crippen LogP contribution < -0.4 is 10.6 Å². The second kappa shape index (κ2) is 5.40. The van der Waals surface area contributed by atoms with Gasteiger partial charge in [-0.3, -0.25) is 9.59 Å². The number of aromatic nitrogens is 1. The third-order valence-corrected chi connectivity index (χ3v) is 3.08. The Labute approximate surface area is 110 Å². The number of hydrogen-bond acceptors (Lipinski definition) is 5. The topological polar surface area (TPSA) is 93.5 Å². The van der Waals surface area contributed by atoms with Crippen LogP contribution in [0.25, 0.3) is 0 Å². The Kier molecular flexibility index (Phi) is 3.84. The van der Waals surface area contributed by atoms with Crippen molar-refractivity contribution in [3.8, 4) is 0 Å². The van der Waals surface area contributed by atoms with E-state index in [2.05, 4.69) is 15.8 Å². The minimum atomic E-state index is -0.958. The molecule has 104 valence electrons. The van der Waals surface area contributed by atoms with Crippen LogP contribution in [0.1, 0.15) is 18.6 Å². The molecule has 0 saturated heterocycles. The molecular formula is C12H17N3O4. The predicted molar refractivity (Wildman–Crippen MR) is 66.4 cm³/mol. The summed E-state index contributed by atoms with van der Waals surface area (Å²) in [6, 6.07) is 1.61. The molecule has 19 heavy (non-hydrogen) atoms. The number of nitrogens with zero attached hydrogens (tertiary/aromatic N) is 1. The van der Waals surface area contributed by atoms with Crippen molar-refractivity contribution >= 4 is 17.6 Å². The third kappa shape index (κ3) is 2.93. The zero-order valence-electron chi connectivity index (χ0n) is 11.0. The molecule has 1 fully saturated rings. The van der Waals surface area contributed by atoms with Gasteiger partial charge in [-0.25, -0.2) is 0 Å². The van der Waals surface area contributed by atoms with E-state index in [-0.39, 0.29) is 11.8 Å². The van der Waals surface area contributed by atoms with E-state index in [1.807, 2.05) is 0 Å². The van der Waals surface area contributed by atoms with Crippen LogP contribution in [0.3, 0.4) is 0 Å². The molecule has 0 radical (unpaired) electrons. The van der Waals surface area contributed by atoms with Crippen molar-refractivity contribution in [1.82, 2.24) is 10.5 Å². The lowest BCUT2D eigenvalue weighted by Crippen LogP contribution is -2.41. The normalized spacial score (nSPS) is 15.9. The van der Waals surface area contributed by atoms with Crippen molar-refractivity contribution in [3.63, 3.8) is 0 Å². The fourth-order valence-corrected chi connectivity index (χ4v) is 1.78. The Morgan fingerprint density at radius 2 is 2.21 bits per heavy atom. The zero-order chi connectivity index (χ0) is 13.9. The van der Waals surface area contributed by atoms with Crippen molar-refractivity contribution in [3.05, 3.63) is 11.8 Å². The second-order valence-corrected chi connectivity index (χ2v) is 4.61. The van der Waals surface area contributed by atoms with E-state index in [4.69, 9.17) is 9.26 Å². The molecule has 1 heterocycles. The van der Waals surface area contributed by atoms with Gasteiger partial charge >= 0.3 is 0 Å². The average Bonchev–Trinajstić information content (AvgIpc) is 3.10. The molecule has 1 saturated carbocycles. The van der Waals surface area contributed by atoms with E-state index in [0.717, 1.165) is 0 Å². The third-order valence-electron chi connectivity index (χ3n) is 3.08. The first-order valence-electron chi connectivity index (χ1n) is 6.10. The van der Waals surface area contributed by atoms with Crippen LogP contribution in [0.2, 0.25) is 0 Å². The molecule has 0 unspecified atom stereocenters. The van der Waals surface area contributed by atoms with Gasteiger partial charge in [0, 0.05) is 19.7 Å². The summed E-state index contributed by atoms with van der Waals surface area (Å²) in [4.78, 5) is 24.1. The van der Waals surface area contributed by atoms with Crippen LogP contribution in [0, 0.1) is 12.3 Å².